The van der Waals surface area contributed by atoms with Gasteiger partial charge >= 0.3 is 6.18 Å². The molecule has 7 heteroatoms. The second-order valence-corrected chi connectivity index (χ2v) is 5.54. The van der Waals surface area contributed by atoms with Gasteiger partial charge in [-0.15, -0.1) is 0 Å². The van der Waals surface area contributed by atoms with Crippen LogP contribution in [0.2, 0.25) is 0 Å². The number of hydrogen-bond donors (Lipinski definition) is 1. The first-order valence-corrected chi connectivity index (χ1v) is 6.83. The van der Waals surface area contributed by atoms with Gasteiger partial charge in [0.05, 0.1) is 5.56 Å². The smallest absolute Gasteiger partial charge is 0.325 e. The standard InChI is InChI=1S/C14H8F3IN2O/c1-7-4-9(10(6-19)13(21)20-7)8-2-3-11(12(18)5-8)14(15,16)17/h2-5H,1H3,(H,20,21). The summed E-state index contributed by atoms with van der Waals surface area (Å²) in [5.41, 5.74) is -0.155. The third kappa shape index (κ3) is 3.10. The van der Waals surface area contributed by atoms with Gasteiger partial charge in [-0.3, -0.25) is 4.79 Å². The summed E-state index contributed by atoms with van der Waals surface area (Å²) in [4.78, 5) is 14.2. The van der Waals surface area contributed by atoms with Crippen molar-refractivity contribution in [3.8, 4) is 17.2 Å². The molecule has 0 saturated heterocycles. The van der Waals surface area contributed by atoms with Gasteiger partial charge in [-0.25, -0.2) is 0 Å². The molecule has 21 heavy (non-hydrogen) atoms. The van der Waals surface area contributed by atoms with E-state index >= 15 is 0 Å². The van der Waals surface area contributed by atoms with Gasteiger partial charge in [-0.1, -0.05) is 6.07 Å². The van der Waals surface area contributed by atoms with Crippen LogP contribution in [0, 0.1) is 21.8 Å². The van der Waals surface area contributed by atoms with Gasteiger partial charge in [-0.2, -0.15) is 18.4 Å². The molecule has 0 amide bonds. The maximum atomic E-state index is 12.7. The van der Waals surface area contributed by atoms with Crippen molar-refractivity contribution in [2.45, 2.75) is 13.1 Å². The molecule has 0 aliphatic carbocycles. The summed E-state index contributed by atoms with van der Waals surface area (Å²) in [7, 11) is 0. The van der Waals surface area contributed by atoms with Gasteiger partial charge in [0, 0.05) is 14.8 Å². The van der Waals surface area contributed by atoms with Crippen LogP contribution in [0.1, 0.15) is 16.8 Å². The first kappa shape index (κ1) is 15.6. The second-order valence-electron chi connectivity index (χ2n) is 4.37. The van der Waals surface area contributed by atoms with Gasteiger partial charge < -0.3 is 4.98 Å². The van der Waals surface area contributed by atoms with Crippen molar-refractivity contribution < 1.29 is 13.2 Å². The lowest BCUT2D eigenvalue weighted by atomic mass is 10.00. The highest BCUT2D eigenvalue weighted by molar-refractivity contribution is 14.1. The molecule has 0 bridgehead atoms. The number of nitrogens with zero attached hydrogens (tertiary/aromatic N) is 1. The molecular formula is C14H8F3IN2O. The van der Waals surface area contributed by atoms with Gasteiger partial charge in [0.25, 0.3) is 5.56 Å². The third-order valence-corrected chi connectivity index (χ3v) is 3.76. The Kier molecular flexibility index (Phi) is 4.09. The van der Waals surface area contributed by atoms with Crippen LogP contribution < -0.4 is 5.56 Å². The molecule has 1 heterocycles. The molecule has 1 aromatic carbocycles. The lowest BCUT2D eigenvalue weighted by molar-refractivity contribution is -0.138. The van der Waals surface area contributed by atoms with E-state index in [4.69, 9.17) is 5.26 Å². The van der Waals surface area contributed by atoms with E-state index in [0.29, 0.717) is 16.8 Å². The van der Waals surface area contributed by atoms with Crippen LogP contribution in [0.4, 0.5) is 13.2 Å². The van der Waals surface area contributed by atoms with E-state index in [-0.39, 0.29) is 9.13 Å². The minimum Gasteiger partial charge on any atom is -0.325 e. The van der Waals surface area contributed by atoms with Crippen LogP contribution in [0.3, 0.4) is 0 Å². The van der Waals surface area contributed by atoms with Gasteiger partial charge in [0.15, 0.2) is 0 Å². The van der Waals surface area contributed by atoms with E-state index in [0.717, 1.165) is 6.07 Å². The molecule has 0 unspecified atom stereocenters. The Hall–Kier alpha value is -1.82. The second kappa shape index (κ2) is 5.52. The van der Waals surface area contributed by atoms with Crippen molar-refractivity contribution in [3.05, 3.63) is 55.0 Å². The molecule has 1 aromatic heterocycles. The molecule has 108 valence electrons. The number of pyridine rings is 1. The summed E-state index contributed by atoms with van der Waals surface area (Å²) in [6.45, 7) is 1.64. The monoisotopic (exact) mass is 404 g/mol. The number of aromatic amines is 1. The van der Waals surface area contributed by atoms with Crippen LogP contribution in [-0.2, 0) is 6.18 Å². The van der Waals surface area contributed by atoms with Crippen molar-refractivity contribution in [1.82, 2.24) is 4.98 Å². The van der Waals surface area contributed by atoms with E-state index in [1.807, 2.05) is 0 Å². The summed E-state index contributed by atoms with van der Waals surface area (Å²) in [5, 5.41) is 9.05. The quantitative estimate of drug-likeness (QED) is 0.735. The molecule has 2 rings (SSSR count). The van der Waals surface area contributed by atoms with Gasteiger partial charge in [0.1, 0.15) is 11.6 Å². The Bertz CT molecular complexity index is 803. The molecule has 0 atom stereocenters. The fourth-order valence-electron chi connectivity index (χ4n) is 1.94. The van der Waals surface area contributed by atoms with E-state index < -0.39 is 17.3 Å². The number of alkyl halides is 3. The normalized spacial score (nSPS) is 11.2. The fourth-order valence-corrected chi connectivity index (χ4v) is 2.76. The number of aryl methyl sites for hydroxylation is 1. The molecular weight excluding hydrogens is 396 g/mol. The molecule has 2 aromatic rings. The van der Waals surface area contributed by atoms with Crippen LogP contribution in [0.25, 0.3) is 11.1 Å². The number of aromatic nitrogens is 1. The highest BCUT2D eigenvalue weighted by Crippen LogP contribution is 2.35. The Morgan fingerprint density at radius 3 is 2.48 bits per heavy atom. The predicted octanol–water partition coefficient (Wildman–Crippen LogP) is 3.85. The lowest BCUT2D eigenvalue weighted by Gasteiger charge is -2.11. The van der Waals surface area contributed by atoms with Crippen molar-refractivity contribution in [2.75, 3.05) is 0 Å². The summed E-state index contributed by atoms with van der Waals surface area (Å²) in [6, 6.07) is 6.89. The van der Waals surface area contributed by atoms with E-state index in [9.17, 15) is 18.0 Å². The Balaban J connectivity index is 2.68. The minimum atomic E-state index is -4.43. The zero-order chi connectivity index (χ0) is 15.8. The van der Waals surface area contributed by atoms with Crippen LogP contribution in [0.15, 0.2) is 29.1 Å². The number of hydrogen-bond acceptors (Lipinski definition) is 2. The van der Waals surface area contributed by atoms with E-state index in [1.165, 1.54) is 12.1 Å². The summed E-state index contributed by atoms with van der Waals surface area (Å²) < 4.78 is 38.2. The molecule has 0 aliphatic rings. The van der Waals surface area contributed by atoms with Crippen LogP contribution in [-0.4, -0.2) is 4.98 Å². The van der Waals surface area contributed by atoms with Crippen LogP contribution in [0.5, 0.6) is 0 Å². The highest BCUT2D eigenvalue weighted by atomic mass is 127. The SMILES string of the molecule is Cc1cc(-c2ccc(C(F)(F)F)c(I)c2)c(C#N)c(=O)[nH]1. The maximum Gasteiger partial charge on any atom is 0.417 e. The molecule has 0 radical (unpaired) electrons. The Morgan fingerprint density at radius 1 is 1.29 bits per heavy atom. The number of halogens is 4. The molecule has 3 nitrogen and oxygen atoms in total. The number of nitriles is 1. The van der Waals surface area contributed by atoms with Gasteiger partial charge in [0.2, 0.25) is 0 Å². The molecule has 0 aliphatic heterocycles. The van der Waals surface area contributed by atoms with Crippen molar-refractivity contribution in [2.24, 2.45) is 0 Å². The zero-order valence-electron chi connectivity index (χ0n) is 10.7. The minimum absolute atomic E-state index is 0.0134. The third-order valence-electron chi connectivity index (χ3n) is 2.87. The first-order valence-electron chi connectivity index (χ1n) is 5.75. The number of nitrogens with one attached hydrogen (secondary N) is 1. The maximum absolute atomic E-state index is 12.7. The fraction of sp³-hybridized carbons (Fsp3) is 0.143. The van der Waals surface area contributed by atoms with Gasteiger partial charge in [-0.05, 0) is 53.3 Å². The number of H-pyrrole nitrogens is 1. The zero-order valence-corrected chi connectivity index (χ0v) is 12.8. The molecule has 0 fully saturated rings. The summed E-state index contributed by atoms with van der Waals surface area (Å²) in [6.07, 6.45) is -4.43. The van der Waals surface area contributed by atoms with Crippen molar-refractivity contribution >= 4 is 22.6 Å². The Morgan fingerprint density at radius 2 is 1.95 bits per heavy atom. The topological polar surface area (TPSA) is 56.6 Å². The summed E-state index contributed by atoms with van der Waals surface area (Å²) in [5.74, 6) is 0. The van der Waals surface area contributed by atoms with E-state index in [2.05, 4.69) is 4.98 Å². The van der Waals surface area contributed by atoms with Crippen molar-refractivity contribution in [3.63, 3.8) is 0 Å². The van der Waals surface area contributed by atoms with E-state index in [1.54, 1.807) is 41.7 Å². The van der Waals surface area contributed by atoms with Crippen LogP contribution >= 0.6 is 22.6 Å². The number of benzene rings is 1. The average Bonchev–Trinajstić information content (AvgIpc) is 2.36. The molecule has 0 saturated carbocycles. The highest BCUT2D eigenvalue weighted by Gasteiger charge is 2.32. The molecule has 0 spiro atoms. The number of rotatable bonds is 1. The largest absolute Gasteiger partial charge is 0.417 e. The molecule has 1 N–H and O–H groups in total. The predicted molar refractivity (Wildman–Crippen MR) is 79.7 cm³/mol. The average molecular weight is 404 g/mol. The Labute approximate surface area is 131 Å². The first-order chi connectivity index (χ1) is 9.74. The van der Waals surface area contributed by atoms with Crippen molar-refractivity contribution in [1.29, 1.82) is 5.26 Å². The summed E-state index contributed by atoms with van der Waals surface area (Å²) >= 11 is 1.59. The lowest BCUT2D eigenvalue weighted by Crippen LogP contribution is -2.13.